The molecular formula is C15H32N4O. The number of unbranched alkanes of at least 4 members (excludes halogenated alkanes) is 5. The van der Waals surface area contributed by atoms with Crippen LogP contribution in [0.5, 0.6) is 0 Å². The summed E-state index contributed by atoms with van der Waals surface area (Å²) in [6, 6.07) is 0. The summed E-state index contributed by atoms with van der Waals surface area (Å²) in [4.78, 5) is 6.75. The number of hydrogen-bond acceptors (Lipinski definition) is 3. The first-order valence-corrected chi connectivity index (χ1v) is 8.17. The molecule has 0 aromatic carbocycles. The zero-order valence-corrected chi connectivity index (χ0v) is 13.1. The van der Waals surface area contributed by atoms with E-state index in [2.05, 4.69) is 22.1 Å². The van der Waals surface area contributed by atoms with Crippen LogP contribution in [0.15, 0.2) is 4.99 Å². The largest absolute Gasteiger partial charge is 0.379 e. The second-order valence-corrected chi connectivity index (χ2v) is 5.42. The van der Waals surface area contributed by atoms with Gasteiger partial charge in [0.25, 0.3) is 0 Å². The van der Waals surface area contributed by atoms with E-state index in [4.69, 9.17) is 10.5 Å². The molecule has 0 aromatic rings. The van der Waals surface area contributed by atoms with Crippen LogP contribution < -0.4 is 11.1 Å². The SMILES string of the molecule is CCCCCCCCN=C(N)NCCN1CCOCC1. The van der Waals surface area contributed by atoms with Crippen LogP contribution in [0.3, 0.4) is 0 Å². The number of guanidine groups is 1. The molecule has 0 saturated carbocycles. The lowest BCUT2D eigenvalue weighted by molar-refractivity contribution is 0.0389. The van der Waals surface area contributed by atoms with Gasteiger partial charge in [0.05, 0.1) is 13.2 Å². The lowest BCUT2D eigenvalue weighted by Crippen LogP contribution is -2.42. The fraction of sp³-hybridized carbons (Fsp3) is 0.933. The number of nitrogens with zero attached hydrogens (tertiary/aromatic N) is 2. The molecule has 1 aliphatic rings. The summed E-state index contributed by atoms with van der Waals surface area (Å²) in [6.07, 6.45) is 7.76. The molecule has 0 spiro atoms. The Morgan fingerprint density at radius 2 is 1.85 bits per heavy atom. The Hall–Kier alpha value is -0.810. The molecule has 1 heterocycles. The van der Waals surface area contributed by atoms with Crippen LogP contribution in [0, 0.1) is 0 Å². The molecule has 0 atom stereocenters. The van der Waals surface area contributed by atoms with Crippen molar-refractivity contribution >= 4 is 5.96 Å². The minimum absolute atomic E-state index is 0.590. The third kappa shape index (κ3) is 9.15. The van der Waals surface area contributed by atoms with E-state index < -0.39 is 0 Å². The predicted molar refractivity (Wildman–Crippen MR) is 85.1 cm³/mol. The van der Waals surface area contributed by atoms with Crippen molar-refractivity contribution in [3.63, 3.8) is 0 Å². The van der Waals surface area contributed by atoms with E-state index in [0.717, 1.165) is 52.4 Å². The lowest BCUT2D eigenvalue weighted by Gasteiger charge is -2.26. The van der Waals surface area contributed by atoms with E-state index in [9.17, 15) is 0 Å². The second kappa shape index (κ2) is 12.0. The number of rotatable bonds is 10. The van der Waals surface area contributed by atoms with Gasteiger partial charge in [0, 0.05) is 32.7 Å². The van der Waals surface area contributed by atoms with Gasteiger partial charge in [-0.3, -0.25) is 9.89 Å². The Morgan fingerprint density at radius 3 is 2.60 bits per heavy atom. The first-order valence-electron chi connectivity index (χ1n) is 8.17. The molecule has 3 N–H and O–H groups in total. The van der Waals surface area contributed by atoms with Crippen molar-refractivity contribution in [1.82, 2.24) is 10.2 Å². The van der Waals surface area contributed by atoms with Crippen LogP contribution in [0.1, 0.15) is 45.4 Å². The predicted octanol–water partition coefficient (Wildman–Crippen LogP) is 1.58. The van der Waals surface area contributed by atoms with E-state index in [1.807, 2.05) is 0 Å². The highest BCUT2D eigenvalue weighted by molar-refractivity contribution is 5.77. The van der Waals surface area contributed by atoms with Gasteiger partial charge in [-0.1, -0.05) is 39.0 Å². The van der Waals surface area contributed by atoms with Gasteiger partial charge in [0.2, 0.25) is 0 Å². The molecule has 0 aromatic heterocycles. The molecule has 0 radical (unpaired) electrons. The van der Waals surface area contributed by atoms with E-state index in [-0.39, 0.29) is 0 Å². The summed E-state index contributed by atoms with van der Waals surface area (Å²) in [5.41, 5.74) is 5.85. The highest BCUT2D eigenvalue weighted by Gasteiger charge is 2.08. The highest BCUT2D eigenvalue weighted by Crippen LogP contribution is 2.04. The Balaban J connectivity index is 1.92. The van der Waals surface area contributed by atoms with Crippen LogP contribution in [-0.4, -0.2) is 56.8 Å². The van der Waals surface area contributed by atoms with Crippen molar-refractivity contribution in [1.29, 1.82) is 0 Å². The van der Waals surface area contributed by atoms with Gasteiger partial charge in [-0.05, 0) is 6.42 Å². The molecule has 118 valence electrons. The first-order chi connectivity index (χ1) is 9.83. The third-order valence-electron chi connectivity index (χ3n) is 3.63. The number of hydrogen-bond donors (Lipinski definition) is 2. The molecule has 1 saturated heterocycles. The molecule has 5 heteroatoms. The molecule has 0 unspecified atom stereocenters. The average molecular weight is 284 g/mol. The maximum Gasteiger partial charge on any atom is 0.188 e. The van der Waals surface area contributed by atoms with Crippen molar-refractivity contribution in [3.8, 4) is 0 Å². The molecule has 0 bridgehead atoms. The van der Waals surface area contributed by atoms with Crippen molar-refractivity contribution in [2.45, 2.75) is 45.4 Å². The Kier molecular flexibility index (Phi) is 10.3. The van der Waals surface area contributed by atoms with Crippen LogP contribution in [-0.2, 0) is 4.74 Å². The van der Waals surface area contributed by atoms with Crippen molar-refractivity contribution in [2.75, 3.05) is 45.9 Å². The van der Waals surface area contributed by atoms with Gasteiger partial charge < -0.3 is 15.8 Å². The Labute approximate surface area is 124 Å². The van der Waals surface area contributed by atoms with Gasteiger partial charge in [0.15, 0.2) is 5.96 Å². The van der Waals surface area contributed by atoms with Gasteiger partial charge in [-0.2, -0.15) is 0 Å². The van der Waals surface area contributed by atoms with Crippen molar-refractivity contribution in [2.24, 2.45) is 10.7 Å². The van der Waals surface area contributed by atoms with E-state index in [0.29, 0.717) is 5.96 Å². The zero-order valence-electron chi connectivity index (χ0n) is 13.1. The zero-order chi connectivity index (χ0) is 14.5. The minimum Gasteiger partial charge on any atom is -0.379 e. The maximum absolute atomic E-state index is 5.85. The van der Waals surface area contributed by atoms with Crippen LogP contribution in [0.25, 0.3) is 0 Å². The lowest BCUT2D eigenvalue weighted by atomic mass is 10.1. The second-order valence-electron chi connectivity index (χ2n) is 5.42. The molecule has 1 rings (SSSR count). The van der Waals surface area contributed by atoms with Crippen molar-refractivity contribution < 1.29 is 4.74 Å². The molecule has 20 heavy (non-hydrogen) atoms. The normalized spacial score (nSPS) is 17.4. The summed E-state index contributed by atoms with van der Waals surface area (Å²) in [6.45, 7) is 8.72. The van der Waals surface area contributed by atoms with Gasteiger partial charge in [-0.15, -0.1) is 0 Å². The molecule has 1 fully saturated rings. The Bertz CT molecular complexity index is 252. The van der Waals surface area contributed by atoms with E-state index in [1.54, 1.807) is 0 Å². The summed E-state index contributed by atoms with van der Waals surface area (Å²) < 4.78 is 5.32. The van der Waals surface area contributed by atoms with E-state index in [1.165, 1.54) is 32.1 Å². The number of aliphatic imine (C=N–C) groups is 1. The highest BCUT2D eigenvalue weighted by atomic mass is 16.5. The first kappa shape index (κ1) is 17.2. The summed E-state index contributed by atoms with van der Waals surface area (Å²) in [5, 5.41) is 3.19. The molecule has 5 nitrogen and oxygen atoms in total. The minimum atomic E-state index is 0.590. The van der Waals surface area contributed by atoms with Gasteiger partial charge in [0.1, 0.15) is 0 Å². The molecule has 0 amide bonds. The van der Waals surface area contributed by atoms with Crippen LogP contribution >= 0.6 is 0 Å². The Morgan fingerprint density at radius 1 is 1.15 bits per heavy atom. The monoisotopic (exact) mass is 284 g/mol. The van der Waals surface area contributed by atoms with Crippen LogP contribution in [0.2, 0.25) is 0 Å². The van der Waals surface area contributed by atoms with Crippen LogP contribution in [0.4, 0.5) is 0 Å². The fourth-order valence-corrected chi connectivity index (χ4v) is 2.31. The number of morpholine rings is 1. The summed E-state index contributed by atoms with van der Waals surface area (Å²) in [7, 11) is 0. The van der Waals surface area contributed by atoms with Crippen molar-refractivity contribution in [3.05, 3.63) is 0 Å². The standard InChI is InChI=1S/C15H32N4O/c1-2-3-4-5-6-7-8-17-15(16)18-9-10-19-11-13-20-14-12-19/h2-14H2,1H3,(H3,16,17,18). The van der Waals surface area contributed by atoms with Gasteiger partial charge in [-0.25, -0.2) is 0 Å². The topological polar surface area (TPSA) is 62.9 Å². The molecular weight excluding hydrogens is 252 g/mol. The maximum atomic E-state index is 5.85. The smallest absolute Gasteiger partial charge is 0.188 e. The number of ether oxygens (including phenoxy) is 1. The third-order valence-corrected chi connectivity index (χ3v) is 3.63. The average Bonchev–Trinajstić information content (AvgIpc) is 2.47. The van der Waals surface area contributed by atoms with Gasteiger partial charge >= 0.3 is 0 Å². The summed E-state index contributed by atoms with van der Waals surface area (Å²) in [5.74, 6) is 0.590. The summed E-state index contributed by atoms with van der Waals surface area (Å²) >= 11 is 0. The fourth-order valence-electron chi connectivity index (χ4n) is 2.31. The number of nitrogens with one attached hydrogen (secondary N) is 1. The molecule has 1 aliphatic heterocycles. The van der Waals surface area contributed by atoms with E-state index >= 15 is 0 Å². The molecule has 0 aliphatic carbocycles. The number of nitrogens with two attached hydrogens (primary N) is 1. The quantitative estimate of drug-likeness (QED) is 0.363.